The highest BCUT2D eigenvalue weighted by Gasteiger charge is 2.49. The Bertz CT molecular complexity index is 651. The molecule has 2 atom stereocenters. The fourth-order valence-electron chi connectivity index (χ4n) is 2.72. The maximum absolute atomic E-state index is 11.8. The lowest BCUT2D eigenvalue weighted by Crippen LogP contribution is -2.37. The van der Waals surface area contributed by atoms with Crippen LogP contribution in [0.3, 0.4) is 0 Å². The third-order valence-corrected chi connectivity index (χ3v) is 6.64. The second kappa shape index (κ2) is 6.18. The van der Waals surface area contributed by atoms with Gasteiger partial charge in [0.15, 0.2) is 15.0 Å². The summed E-state index contributed by atoms with van der Waals surface area (Å²) < 4.78 is 29.2. The van der Waals surface area contributed by atoms with Gasteiger partial charge in [-0.15, -0.1) is 17.0 Å². The molecule has 116 valence electrons. The summed E-state index contributed by atoms with van der Waals surface area (Å²) in [4.78, 5) is 1.81. The van der Waals surface area contributed by atoms with Crippen molar-refractivity contribution in [3.05, 3.63) is 24.3 Å². The van der Waals surface area contributed by atoms with Crippen molar-refractivity contribution in [3.8, 4) is 5.75 Å². The predicted octanol–water partition coefficient (Wildman–Crippen LogP) is 2.32. The van der Waals surface area contributed by atoms with Crippen LogP contribution in [0.4, 0.5) is 5.69 Å². The van der Waals surface area contributed by atoms with E-state index in [1.165, 1.54) is 11.8 Å². The highest BCUT2D eigenvalue weighted by molar-refractivity contribution is 8.93. The number of hydrogen-bond acceptors (Lipinski definition) is 5. The molecule has 0 amide bonds. The molecular weight excluding hydrogens is 376 g/mol. The number of nitrogens with one attached hydrogen (secondary N) is 1. The number of nitrogens with zero attached hydrogens (tertiary/aromatic N) is 1. The van der Waals surface area contributed by atoms with Crippen molar-refractivity contribution < 1.29 is 13.2 Å². The summed E-state index contributed by atoms with van der Waals surface area (Å²) in [5.41, 5.74) is 0.788. The molecule has 21 heavy (non-hydrogen) atoms. The molecular formula is C13H17BrN2O3S2. The van der Waals surface area contributed by atoms with Crippen molar-refractivity contribution >= 4 is 49.4 Å². The van der Waals surface area contributed by atoms with Gasteiger partial charge in [-0.25, -0.2) is 8.42 Å². The SMILES string of the molecule is Br.CCOc1ccccc1N1C(=N)S[C@H]2CS(=O)(=O)C[C@H]21. The Labute approximate surface area is 139 Å². The maximum atomic E-state index is 11.8. The molecule has 2 heterocycles. The number of hydrogen-bond donors (Lipinski definition) is 1. The molecule has 1 aromatic rings. The third kappa shape index (κ3) is 3.07. The zero-order chi connectivity index (χ0) is 14.3. The quantitative estimate of drug-likeness (QED) is 0.854. The van der Waals surface area contributed by atoms with Crippen LogP contribution in [-0.4, -0.2) is 43.0 Å². The van der Waals surface area contributed by atoms with E-state index < -0.39 is 9.84 Å². The highest BCUT2D eigenvalue weighted by atomic mass is 79.9. The zero-order valence-electron chi connectivity index (χ0n) is 11.5. The van der Waals surface area contributed by atoms with Crippen LogP contribution in [-0.2, 0) is 9.84 Å². The van der Waals surface area contributed by atoms with Gasteiger partial charge in [0.25, 0.3) is 0 Å². The molecule has 0 aliphatic carbocycles. The number of amidine groups is 1. The maximum Gasteiger partial charge on any atom is 0.161 e. The number of anilines is 1. The molecule has 1 aromatic carbocycles. The summed E-state index contributed by atoms with van der Waals surface area (Å²) >= 11 is 1.34. The number of ether oxygens (including phenoxy) is 1. The van der Waals surface area contributed by atoms with E-state index in [2.05, 4.69) is 0 Å². The van der Waals surface area contributed by atoms with E-state index in [-0.39, 0.29) is 39.8 Å². The van der Waals surface area contributed by atoms with Gasteiger partial charge in [0.05, 0.1) is 29.8 Å². The Morgan fingerprint density at radius 3 is 2.81 bits per heavy atom. The minimum absolute atomic E-state index is 0. The van der Waals surface area contributed by atoms with Crippen molar-refractivity contribution in [1.29, 1.82) is 5.41 Å². The van der Waals surface area contributed by atoms with Crippen molar-refractivity contribution in [2.45, 2.75) is 18.2 Å². The molecule has 2 fully saturated rings. The molecule has 0 spiro atoms. The van der Waals surface area contributed by atoms with Crippen molar-refractivity contribution in [2.75, 3.05) is 23.0 Å². The van der Waals surface area contributed by atoms with Crippen LogP contribution in [0.15, 0.2) is 24.3 Å². The normalized spacial score (nSPS) is 26.3. The minimum Gasteiger partial charge on any atom is -0.492 e. The second-order valence-electron chi connectivity index (χ2n) is 4.88. The molecule has 2 aliphatic rings. The average molecular weight is 393 g/mol. The first-order valence-electron chi connectivity index (χ1n) is 6.48. The predicted molar refractivity (Wildman–Crippen MR) is 92.0 cm³/mol. The van der Waals surface area contributed by atoms with Crippen LogP contribution >= 0.6 is 28.7 Å². The van der Waals surface area contributed by atoms with Crippen LogP contribution in [0.1, 0.15) is 6.92 Å². The number of sulfone groups is 1. The second-order valence-corrected chi connectivity index (χ2v) is 8.26. The van der Waals surface area contributed by atoms with E-state index >= 15 is 0 Å². The van der Waals surface area contributed by atoms with E-state index in [0.717, 1.165) is 5.69 Å². The Hall–Kier alpha value is -0.730. The smallest absolute Gasteiger partial charge is 0.161 e. The first-order valence-corrected chi connectivity index (χ1v) is 9.18. The number of para-hydroxylation sites is 2. The fraction of sp³-hybridized carbons (Fsp3) is 0.462. The number of halogens is 1. The largest absolute Gasteiger partial charge is 0.492 e. The number of thioether (sulfide) groups is 1. The van der Waals surface area contributed by atoms with Crippen LogP contribution in [0.2, 0.25) is 0 Å². The monoisotopic (exact) mass is 392 g/mol. The lowest BCUT2D eigenvalue weighted by Gasteiger charge is -2.25. The summed E-state index contributed by atoms with van der Waals surface area (Å²) in [6, 6.07) is 7.34. The van der Waals surface area contributed by atoms with Crippen molar-refractivity contribution in [3.63, 3.8) is 0 Å². The molecule has 0 unspecified atom stereocenters. The molecule has 2 aliphatic heterocycles. The van der Waals surface area contributed by atoms with Gasteiger partial charge in [0, 0.05) is 5.25 Å². The molecule has 5 nitrogen and oxygen atoms in total. The Kier molecular flexibility index (Phi) is 4.89. The Morgan fingerprint density at radius 2 is 2.10 bits per heavy atom. The van der Waals surface area contributed by atoms with Crippen molar-refractivity contribution in [1.82, 2.24) is 0 Å². The summed E-state index contributed by atoms with van der Waals surface area (Å²) in [5.74, 6) is 0.983. The lowest BCUT2D eigenvalue weighted by molar-refractivity contribution is 0.340. The standard InChI is InChI=1S/C13H16N2O3S2.BrH/c1-2-18-11-6-4-3-5-9(11)15-10-7-20(16,17)8-12(10)19-13(15)14;/h3-6,10,12,14H,2,7-8H2,1H3;1H/t10-,12+;/m1./s1. The summed E-state index contributed by atoms with van der Waals surface area (Å²) in [7, 11) is -2.99. The van der Waals surface area contributed by atoms with Crippen LogP contribution in [0, 0.1) is 5.41 Å². The summed E-state index contributed by atoms with van der Waals surface area (Å²) in [5, 5.41) is 8.50. The minimum atomic E-state index is -2.99. The van der Waals surface area contributed by atoms with Gasteiger partial charge >= 0.3 is 0 Å². The Morgan fingerprint density at radius 1 is 1.38 bits per heavy atom. The van der Waals surface area contributed by atoms with Crippen LogP contribution in [0.5, 0.6) is 5.75 Å². The van der Waals surface area contributed by atoms with E-state index in [1.807, 2.05) is 36.1 Å². The lowest BCUT2D eigenvalue weighted by atomic mass is 10.2. The third-order valence-electron chi connectivity index (χ3n) is 3.51. The first kappa shape index (κ1) is 16.6. The molecule has 0 bridgehead atoms. The number of fused-ring (bicyclic) bond motifs is 1. The molecule has 0 radical (unpaired) electrons. The van der Waals surface area contributed by atoms with E-state index in [9.17, 15) is 8.42 Å². The first-order chi connectivity index (χ1) is 9.52. The van der Waals surface area contributed by atoms with Crippen LogP contribution in [0.25, 0.3) is 0 Å². The van der Waals surface area contributed by atoms with Gasteiger partial charge in [0.1, 0.15) is 5.75 Å². The molecule has 1 N–H and O–H groups in total. The van der Waals surface area contributed by atoms with E-state index in [1.54, 1.807) is 0 Å². The fourth-order valence-corrected chi connectivity index (χ4v) is 6.51. The number of benzene rings is 1. The zero-order valence-corrected chi connectivity index (χ0v) is 14.8. The van der Waals surface area contributed by atoms with Gasteiger partial charge in [0.2, 0.25) is 0 Å². The summed E-state index contributed by atoms with van der Waals surface area (Å²) in [6.45, 7) is 2.45. The molecule has 0 aromatic heterocycles. The average Bonchev–Trinajstić information content (AvgIpc) is 2.81. The van der Waals surface area contributed by atoms with E-state index in [0.29, 0.717) is 17.5 Å². The van der Waals surface area contributed by atoms with Crippen molar-refractivity contribution in [2.24, 2.45) is 0 Å². The van der Waals surface area contributed by atoms with Gasteiger partial charge in [-0.2, -0.15) is 0 Å². The summed E-state index contributed by atoms with van der Waals surface area (Å²) in [6.07, 6.45) is 0. The number of rotatable bonds is 3. The van der Waals surface area contributed by atoms with Gasteiger partial charge in [-0.1, -0.05) is 23.9 Å². The van der Waals surface area contributed by atoms with Gasteiger partial charge < -0.3 is 9.64 Å². The molecule has 2 saturated heterocycles. The molecule has 3 rings (SSSR count). The highest BCUT2D eigenvalue weighted by Crippen LogP contribution is 2.43. The van der Waals surface area contributed by atoms with E-state index in [4.69, 9.17) is 10.1 Å². The van der Waals surface area contributed by atoms with Crippen LogP contribution < -0.4 is 9.64 Å². The molecule has 0 saturated carbocycles. The van der Waals surface area contributed by atoms with Gasteiger partial charge in [-0.3, -0.25) is 5.41 Å². The topological polar surface area (TPSA) is 70.5 Å². The Balaban J connectivity index is 0.00000161. The molecule has 8 heteroatoms. The van der Waals surface area contributed by atoms with Gasteiger partial charge in [-0.05, 0) is 19.1 Å².